The topological polar surface area (TPSA) is 55.6 Å². The van der Waals surface area contributed by atoms with Crippen molar-refractivity contribution in [2.75, 3.05) is 25.4 Å². The van der Waals surface area contributed by atoms with Gasteiger partial charge < -0.3 is 15.4 Å². The third-order valence-corrected chi connectivity index (χ3v) is 2.55. The van der Waals surface area contributed by atoms with Crippen LogP contribution in [0.1, 0.15) is 30.6 Å². The zero-order valence-corrected chi connectivity index (χ0v) is 11.5. The molecule has 0 fully saturated rings. The molecule has 1 aromatic rings. The van der Waals surface area contributed by atoms with Crippen molar-refractivity contribution in [3.8, 4) is 18.1 Å². The number of nitrogens with zero attached hydrogens (tertiary/aromatic N) is 1. The molecule has 0 saturated heterocycles. The summed E-state index contributed by atoms with van der Waals surface area (Å²) in [4.78, 5) is 14.0. The van der Waals surface area contributed by atoms with Crippen LogP contribution < -0.4 is 10.5 Å². The van der Waals surface area contributed by atoms with E-state index in [4.69, 9.17) is 16.9 Å². The molecule has 0 unspecified atom stereocenters. The lowest BCUT2D eigenvalue weighted by molar-refractivity contribution is 0.0776. The standard InChI is InChI=1S/C15H20N2O2/c1-4-7-17(8-5-2)15(18)12-9-13(16)11-14(10-12)19-6-3/h1,9-11H,5-8,16H2,2-3H3. The zero-order chi connectivity index (χ0) is 14.3. The molecule has 0 radical (unpaired) electrons. The molecule has 0 aliphatic heterocycles. The maximum atomic E-state index is 12.4. The molecular formula is C15H20N2O2. The average molecular weight is 260 g/mol. The predicted molar refractivity (Wildman–Crippen MR) is 77.1 cm³/mol. The SMILES string of the molecule is C#CCN(CCC)C(=O)c1cc(N)cc(OCC)c1. The second kappa shape index (κ2) is 7.32. The van der Waals surface area contributed by atoms with Gasteiger partial charge in [0, 0.05) is 23.9 Å². The van der Waals surface area contributed by atoms with E-state index in [0.717, 1.165) is 6.42 Å². The molecule has 0 heterocycles. The van der Waals surface area contributed by atoms with Gasteiger partial charge in [-0.05, 0) is 25.5 Å². The van der Waals surface area contributed by atoms with Crippen LogP contribution in [0.5, 0.6) is 5.75 Å². The quantitative estimate of drug-likeness (QED) is 0.630. The number of terminal acetylenes is 1. The molecule has 0 atom stereocenters. The van der Waals surface area contributed by atoms with Crippen molar-refractivity contribution in [1.29, 1.82) is 0 Å². The Morgan fingerprint density at radius 2 is 2.16 bits per heavy atom. The highest BCUT2D eigenvalue weighted by atomic mass is 16.5. The summed E-state index contributed by atoms with van der Waals surface area (Å²) in [6.07, 6.45) is 6.15. The van der Waals surface area contributed by atoms with E-state index in [2.05, 4.69) is 5.92 Å². The highest BCUT2D eigenvalue weighted by molar-refractivity contribution is 5.95. The number of carbonyl (C=O) groups is 1. The van der Waals surface area contributed by atoms with Crippen molar-refractivity contribution in [1.82, 2.24) is 4.90 Å². The van der Waals surface area contributed by atoms with Gasteiger partial charge in [-0.3, -0.25) is 4.79 Å². The molecular weight excluding hydrogens is 240 g/mol. The van der Waals surface area contributed by atoms with Crippen molar-refractivity contribution in [2.24, 2.45) is 0 Å². The molecule has 19 heavy (non-hydrogen) atoms. The minimum atomic E-state index is -0.118. The first-order valence-electron chi connectivity index (χ1n) is 6.38. The fourth-order valence-electron chi connectivity index (χ4n) is 1.81. The van der Waals surface area contributed by atoms with Crippen LogP contribution in [0.15, 0.2) is 18.2 Å². The first-order valence-corrected chi connectivity index (χ1v) is 6.38. The summed E-state index contributed by atoms with van der Waals surface area (Å²) in [5.41, 5.74) is 6.80. The van der Waals surface area contributed by atoms with Gasteiger partial charge in [0.15, 0.2) is 0 Å². The molecule has 0 aliphatic carbocycles. The van der Waals surface area contributed by atoms with Gasteiger partial charge in [-0.2, -0.15) is 0 Å². The van der Waals surface area contributed by atoms with Gasteiger partial charge >= 0.3 is 0 Å². The Labute approximate surface area is 114 Å². The monoisotopic (exact) mass is 260 g/mol. The Balaban J connectivity index is 2.99. The number of nitrogen functional groups attached to an aromatic ring is 1. The Kier molecular flexibility index (Phi) is 5.74. The Hall–Kier alpha value is -2.15. The van der Waals surface area contributed by atoms with Crippen molar-refractivity contribution in [3.63, 3.8) is 0 Å². The number of carbonyl (C=O) groups excluding carboxylic acids is 1. The van der Waals surface area contributed by atoms with Crippen LogP contribution in [0.2, 0.25) is 0 Å². The zero-order valence-electron chi connectivity index (χ0n) is 11.5. The minimum absolute atomic E-state index is 0.118. The lowest BCUT2D eigenvalue weighted by Crippen LogP contribution is -2.32. The van der Waals surface area contributed by atoms with E-state index in [1.54, 1.807) is 23.1 Å². The summed E-state index contributed by atoms with van der Waals surface area (Å²) >= 11 is 0. The smallest absolute Gasteiger partial charge is 0.254 e. The van der Waals surface area contributed by atoms with Crippen LogP contribution in [-0.2, 0) is 0 Å². The molecule has 1 rings (SSSR count). The second-order valence-electron chi connectivity index (χ2n) is 4.15. The van der Waals surface area contributed by atoms with Gasteiger partial charge in [0.05, 0.1) is 13.2 Å². The second-order valence-corrected chi connectivity index (χ2v) is 4.15. The third-order valence-electron chi connectivity index (χ3n) is 2.55. The van der Waals surface area contributed by atoms with E-state index in [1.165, 1.54) is 0 Å². The summed E-state index contributed by atoms with van der Waals surface area (Å²) in [6, 6.07) is 5.04. The van der Waals surface area contributed by atoms with Crippen LogP contribution in [0, 0.1) is 12.3 Å². The summed E-state index contributed by atoms with van der Waals surface area (Å²) < 4.78 is 5.39. The first-order chi connectivity index (χ1) is 9.12. The normalized spacial score (nSPS) is 9.74. The molecule has 2 N–H and O–H groups in total. The molecule has 102 valence electrons. The third kappa shape index (κ3) is 4.22. The Morgan fingerprint density at radius 3 is 2.74 bits per heavy atom. The average Bonchev–Trinajstić information content (AvgIpc) is 2.37. The molecule has 1 aromatic carbocycles. The number of benzene rings is 1. The molecule has 0 aliphatic rings. The number of rotatable bonds is 6. The first kappa shape index (κ1) is 14.9. The molecule has 0 bridgehead atoms. The van der Waals surface area contributed by atoms with Crippen LogP contribution >= 0.6 is 0 Å². The number of hydrogen-bond donors (Lipinski definition) is 1. The van der Waals surface area contributed by atoms with Crippen molar-refractivity contribution in [3.05, 3.63) is 23.8 Å². The fourth-order valence-corrected chi connectivity index (χ4v) is 1.81. The van der Waals surface area contributed by atoms with E-state index < -0.39 is 0 Å². The van der Waals surface area contributed by atoms with Gasteiger partial charge in [0.25, 0.3) is 5.91 Å². The van der Waals surface area contributed by atoms with E-state index in [-0.39, 0.29) is 5.91 Å². The molecule has 4 nitrogen and oxygen atoms in total. The van der Waals surface area contributed by atoms with Crippen LogP contribution in [0.3, 0.4) is 0 Å². The summed E-state index contributed by atoms with van der Waals surface area (Å²) in [7, 11) is 0. The molecule has 0 spiro atoms. The Bertz CT molecular complexity index is 478. The number of anilines is 1. The number of amides is 1. The van der Waals surface area contributed by atoms with Gasteiger partial charge in [0.2, 0.25) is 0 Å². The lowest BCUT2D eigenvalue weighted by Gasteiger charge is -2.20. The maximum absolute atomic E-state index is 12.4. The van der Waals surface area contributed by atoms with Gasteiger partial charge in [-0.25, -0.2) is 0 Å². The maximum Gasteiger partial charge on any atom is 0.254 e. The lowest BCUT2D eigenvalue weighted by atomic mass is 10.1. The fraction of sp³-hybridized carbons (Fsp3) is 0.400. The molecule has 1 amide bonds. The number of ether oxygens (including phenoxy) is 1. The summed E-state index contributed by atoms with van der Waals surface area (Å²) in [6.45, 7) is 5.33. The van der Waals surface area contributed by atoms with Crippen LogP contribution in [0.25, 0.3) is 0 Å². The van der Waals surface area contributed by atoms with E-state index in [1.807, 2.05) is 13.8 Å². The number of hydrogen-bond acceptors (Lipinski definition) is 3. The van der Waals surface area contributed by atoms with Gasteiger partial charge in [-0.1, -0.05) is 12.8 Å². The van der Waals surface area contributed by atoms with E-state index in [9.17, 15) is 4.79 Å². The highest BCUT2D eigenvalue weighted by Crippen LogP contribution is 2.20. The van der Waals surface area contributed by atoms with Crippen LogP contribution in [0.4, 0.5) is 5.69 Å². The predicted octanol–water partition coefficient (Wildman–Crippen LogP) is 2.15. The van der Waals surface area contributed by atoms with Gasteiger partial charge in [-0.15, -0.1) is 6.42 Å². The number of nitrogens with two attached hydrogens (primary N) is 1. The van der Waals surface area contributed by atoms with Crippen LogP contribution in [-0.4, -0.2) is 30.5 Å². The summed E-state index contributed by atoms with van der Waals surface area (Å²) in [5.74, 6) is 2.98. The van der Waals surface area contributed by atoms with Crippen molar-refractivity contribution < 1.29 is 9.53 Å². The minimum Gasteiger partial charge on any atom is -0.494 e. The Morgan fingerprint density at radius 1 is 1.42 bits per heavy atom. The van der Waals surface area contributed by atoms with E-state index in [0.29, 0.717) is 36.7 Å². The summed E-state index contributed by atoms with van der Waals surface area (Å²) in [5, 5.41) is 0. The van der Waals surface area contributed by atoms with Crippen molar-refractivity contribution in [2.45, 2.75) is 20.3 Å². The molecule has 0 saturated carbocycles. The molecule has 0 aromatic heterocycles. The molecule has 4 heteroatoms. The van der Waals surface area contributed by atoms with Gasteiger partial charge in [0.1, 0.15) is 5.75 Å². The van der Waals surface area contributed by atoms with E-state index >= 15 is 0 Å². The van der Waals surface area contributed by atoms with Crippen molar-refractivity contribution >= 4 is 11.6 Å². The largest absolute Gasteiger partial charge is 0.494 e. The highest BCUT2D eigenvalue weighted by Gasteiger charge is 2.15.